The summed E-state index contributed by atoms with van der Waals surface area (Å²) >= 11 is 0. The average Bonchev–Trinajstić information content (AvgIpc) is 2.92. The third-order valence-corrected chi connectivity index (χ3v) is 7.99. The molecule has 0 aromatic rings. The van der Waals surface area contributed by atoms with Gasteiger partial charge in [0.2, 0.25) is 0 Å². The molecule has 0 rings (SSSR count). The molecule has 5 heteroatoms. The van der Waals surface area contributed by atoms with Crippen LogP contribution < -0.4 is 0 Å². The van der Waals surface area contributed by atoms with Gasteiger partial charge >= 0.3 is 6.09 Å². The van der Waals surface area contributed by atoms with Gasteiger partial charge in [0.1, 0.15) is 12.7 Å². The standard InChI is InChI=1S/C35H72NO4/c1-8-10-12-14-16-17-18-19-20-21-23-25-29-38-30-34(40-33(5)26-24-22-15-13-11-9-2)31-39-35(37)36(6,7)28-27-32(3)4/h32-34H,8-31H2,1-7H3/q+1. The lowest BCUT2D eigenvalue weighted by Crippen LogP contribution is -2.48. The van der Waals surface area contributed by atoms with Crippen LogP contribution in [-0.4, -0.2) is 63.2 Å². The summed E-state index contributed by atoms with van der Waals surface area (Å²) in [6.45, 7) is 13.4. The molecule has 0 saturated carbocycles. The first-order valence-corrected chi connectivity index (χ1v) is 17.5. The molecule has 5 nitrogen and oxygen atoms in total. The number of hydrogen-bond acceptors (Lipinski definition) is 4. The molecule has 0 saturated heterocycles. The Bertz CT molecular complexity index is 552. The van der Waals surface area contributed by atoms with Gasteiger partial charge in [0.05, 0.1) is 33.4 Å². The molecule has 0 aromatic heterocycles. The first kappa shape index (κ1) is 39.4. The van der Waals surface area contributed by atoms with Crippen molar-refractivity contribution in [3.8, 4) is 0 Å². The van der Waals surface area contributed by atoms with Crippen molar-refractivity contribution in [3.63, 3.8) is 0 Å². The lowest BCUT2D eigenvalue weighted by Gasteiger charge is -2.28. The minimum absolute atomic E-state index is 0.147. The van der Waals surface area contributed by atoms with Crippen molar-refractivity contribution in [3.05, 3.63) is 0 Å². The Balaban J connectivity index is 4.31. The number of ether oxygens (including phenoxy) is 3. The van der Waals surface area contributed by atoms with E-state index < -0.39 is 0 Å². The number of quaternary nitrogens is 1. The van der Waals surface area contributed by atoms with Crippen molar-refractivity contribution in [2.45, 2.75) is 175 Å². The predicted octanol–water partition coefficient (Wildman–Crippen LogP) is 10.5. The molecule has 0 heterocycles. The molecule has 40 heavy (non-hydrogen) atoms. The van der Waals surface area contributed by atoms with Crippen molar-refractivity contribution in [1.29, 1.82) is 0 Å². The van der Waals surface area contributed by atoms with Crippen molar-refractivity contribution in [2.75, 3.05) is 40.5 Å². The van der Waals surface area contributed by atoms with Crippen LogP contribution in [-0.2, 0) is 14.2 Å². The molecular formula is C35H72NO4+. The number of nitrogens with zero attached hydrogens (tertiary/aromatic N) is 1. The van der Waals surface area contributed by atoms with Gasteiger partial charge in [0.15, 0.2) is 0 Å². The Morgan fingerprint density at radius 3 is 1.60 bits per heavy atom. The van der Waals surface area contributed by atoms with Gasteiger partial charge in [-0.05, 0) is 32.1 Å². The predicted molar refractivity (Wildman–Crippen MR) is 172 cm³/mol. The number of amides is 1. The van der Waals surface area contributed by atoms with Gasteiger partial charge in [-0.25, -0.2) is 4.48 Å². The number of carbonyl (C=O) groups excluding carboxylic acids is 1. The van der Waals surface area contributed by atoms with E-state index in [2.05, 4.69) is 34.6 Å². The van der Waals surface area contributed by atoms with Gasteiger partial charge < -0.3 is 14.2 Å². The molecule has 0 fully saturated rings. The zero-order chi connectivity index (χ0) is 29.9. The minimum Gasteiger partial charge on any atom is -0.417 e. The van der Waals surface area contributed by atoms with Gasteiger partial charge in [-0.1, -0.05) is 137 Å². The van der Waals surface area contributed by atoms with Crippen LogP contribution >= 0.6 is 0 Å². The summed E-state index contributed by atoms with van der Waals surface area (Å²) in [6, 6.07) is 0. The molecule has 1 amide bonds. The third-order valence-electron chi connectivity index (χ3n) is 7.99. The first-order valence-electron chi connectivity index (χ1n) is 17.5. The largest absolute Gasteiger partial charge is 0.515 e. The number of hydrogen-bond donors (Lipinski definition) is 0. The molecule has 0 bridgehead atoms. The lowest BCUT2D eigenvalue weighted by atomic mass is 10.1. The van der Waals surface area contributed by atoms with Gasteiger partial charge in [-0.2, -0.15) is 4.79 Å². The van der Waals surface area contributed by atoms with E-state index in [1.165, 1.54) is 109 Å². The van der Waals surface area contributed by atoms with E-state index in [1.807, 2.05) is 14.1 Å². The Labute approximate surface area is 251 Å². The fraction of sp³-hybridized carbons (Fsp3) is 0.971. The molecule has 0 aromatic carbocycles. The second-order valence-corrected chi connectivity index (χ2v) is 13.3. The Morgan fingerprint density at radius 2 is 1.10 bits per heavy atom. The van der Waals surface area contributed by atoms with Gasteiger partial charge in [0.25, 0.3) is 0 Å². The molecule has 0 aliphatic rings. The Hall–Kier alpha value is -0.650. The van der Waals surface area contributed by atoms with Crippen molar-refractivity contribution >= 4 is 6.09 Å². The molecule has 0 radical (unpaired) electrons. The summed E-state index contributed by atoms with van der Waals surface area (Å²) in [4.78, 5) is 12.8. The summed E-state index contributed by atoms with van der Waals surface area (Å²) in [5.74, 6) is 0.567. The van der Waals surface area contributed by atoms with E-state index in [9.17, 15) is 4.79 Å². The van der Waals surface area contributed by atoms with E-state index in [-0.39, 0.29) is 29.4 Å². The molecule has 2 atom stereocenters. The molecule has 240 valence electrons. The zero-order valence-corrected chi connectivity index (χ0v) is 28.3. The van der Waals surface area contributed by atoms with E-state index in [1.54, 1.807) is 0 Å². The van der Waals surface area contributed by atoms with Crippen LogP contribution in [0.4, 0.5) is 4.79 Å². The van der Waals surface area contributed by atoms with Crippen molar-refractivity contribution < 1.29 is 23.5 Å². The highest BCUT2D eigenvalue weighted by Gasteiger charge is 2.30. The summed E-state index contributed by atoms with van der Waals surface area (Å²) in [5, 5.41) is 0. The van der Waals surface area contributed by atoms with Crippen LogP contribution in [0, 0.1) is 5.92 Å². The van der Waals surface area contributed by atoms with Crippen LogP contribution in [0.2, 0.25) is 0 Å². The molecule has 0 N–H and O–H groups in total. The van der Waals surface area contributed by atoms with Crippen molar-refractivity contribution in [1.82, 2.24) is 0 Å². The molecular weight excluding hydrogens is 498 g/mol. The van der Waals surface area contributed by atoms with Crippen molar-refractivity contribution in [2.24, 2.45) is 5.92 Å². The minimum atomic E-state index is -0.207. The smallest absolute Gasteiger partial charge is 0.417 e. The fourth-order valence-corrected chi connectivity index (χ4v) is 5.01. The highest BCUT2D eigenvalue weighted by molar-refractivity contribution is 5.59. The average molecular weight is 571 g/mol. The Kier molecular flexibility index (Phi) is 26.8. The highest BCUT2D eigenvalue weighted by Crippen LogP contribution is 2.15. The first-order chi connectivity index (χ1) is 19.2. The van der Waals surface area contributed by atoms with Crippen LogP contribution in [0.5, 0.6) is 0 Å². The second kappa shape index (κ2) is 27.2. The zero-order valence-electron chi connectivity index (χ0n) is 28.3. The molecule has 2 unspecified atom stereocenters. The summed E-state index contributed by atoms with van der Waals surface area (Å²) < 4.78 is 18.4. The maximum atomic E-state index is 12.8. The van der Waals surface area contributed by atoms with Gasteiger partial charge in [0, 0.05) is 6.61 Å². The van der Waals surface area contributed by atoms with Gasteiger partial charge in [-0.3, -0.25) is 0 Å². The summed E-state index contributed by atoms with van der Waals surface area (Å²) in [6.07, 6.45) is 25.7. The van der Waals surface area contributed by atoms with E-state index in [0.29, 0.717) is 12.5 Å². The lowest BCUT2D eigenvalue weighted by molar-refractivity contribution is -0.817. The number of rotatable bonds is 29. The number of unbranched alkanes of at least 4 members (excludes halogenated alkanes) is 16. The summed E-state index contributed by atoms with van der Waals surface area (Å²) in [7, 11) is 3.87. The normalized spacial score (nSPS) is 13.6. The van der Waals surface area contributed by atoms with E-state index in [0.717, 1.165) is 32.4 Å². The van der Waals surface area contributed by atoms with Crippen LogP contribution in [0.25, 0.3) is 0 Å². The molecule has 0 aliphatic heterocycles. The maximum Gasteiger partial charge on any atom is 0.515 e. The monoisotopic (exact) mass is 571 g/mol. The molecule has 0 spiro atoms. The highest BCUT2D eigenvalue weighted by atomic mass is 16.6. The van der Waals surface area contributed by atoms with Gasteiger partial charge in [-0.15, -0.1) is 0 Å². The van der Waals surface area contributed by atoms with E-state index in [4.69, 9.17) is 14.2 Å². The quantitative estimate of drug-likeness (QED) is 0.0663. The number of carbonyl (C=O) groups is 1. The van der Waals surface area contributed by atoms with E-state index >= 15 is 0 Å². The second-order valence-electron chi connectivity index (χ2n) is 13.3. The van der Waals surface area contributed by atoms with Crippen LogP contribution in [0.1, 0.15) is 163 Å². The SMILES string of the molecule is CCCCCCCCCCCCCCOCC(COC(=O)[N+](C)(C)CCC(C)C)OC(C)CCCCCCCC. The fourth-order valence-electron chi connectivity index (χ4n) is 5.01. The third kappa shape index (κ3) is 25.1. The summed E-state index contributed by atoms with van der Waals surface area (Å²) in [5.41, 5.74) is 0. The Morgan fingerprint density at radius 1 is 0.625 bits per heavy atom. The maximum absolute atomic E-state index is 12.8. The van der Waals surface area contributed by atoms with Crippen LogP contribution in [0.3, 0.4) is 0 Å². The topological polar surface area (TPSA) is 44.8 Å². The molecule has 0 aliphatic carbocycles. The van der Waals surface area contributed by atoms with Crippen LogP contribution in [0.15, 0.2) is 0 Å².